The number of imidazole rings is 1. The maximum absolute atomic E-state index is 14.0. The van der Waals surface area contributed by atoms with E-state index in [0.29, 0.717) is 17.6 Å². The van der Waals surface area contributed by atoms with E-state index >= 15 is 0 Å². The molecule has 3 heterocycles. The van der Waals surface area contributed by atoms with Crippen molar-refractivity contribution in [2.75, 3.05) is 12.3 Å². The summed E-state index contributed by atoms with van der Waals surface area (Å²) in [5, 5.41) is 13.9. The molecule has 41 heavy (non-hydrogen) atoms. The Kier molecular flexibility index (Phi) is 10.8. The summed E-state index contributed by atoms with van der Waals surface area (Å²) < 4.78 is 39.1. The summed E-state index contributed by atoms with van der Waals surface area (Å²) >= 11 is -0.0525. The number of anilines is 1. The number of aliphatic hydroxyl groups excluding tert-OH is 1. The molecule has 1 aliphatic heterocycles. The molecule has 0 bridgehead atoms. The number of nitrogens with zero attached hydrogens (tertiary/aromatic N) is 4. The number of fused-ring (bicyclic) bond motifs is 1. The Balaban J connectivity index is 1.50. The number of esters is 1. The molecule has 1 aliphatic rings. The first-order valence-corrected chi connectivity index (χ1v) is 17.7. The number of nitrogens with one attached hydrogen (secondary N) is 1. The van der Waals surface area contributed by atoms with Crippen LogP contribution in [0.5, 0.6) is 5.75 Å². The van der Waals surface area contributed by atoms with Gasteiger partial charge in [0.2, 0.25) is 0 Å². The van der Waals surface area contributed by atoms with Gasteiger partial charge in [0.25, 0.3) is 0 Å². The van der Waals surface area contributed by atoms with Crippen LogP contribution in [0, 0.1) is 0 Å². The fourth-order valence-corrected chi connectivity index (χ4v) is 7.85. The van der Waals surface area contributed by atoms with Gasteiger partial charge in [-0.2, -0.15) is 0 Å². The number of carbonyl (C=O) groups excluding carboxylic acids is 1. The molecule has 0 spiro atoms. The maximum atomic E-state index is 14.0. The van der Waals surface area contributed by atoms with Crippen molar-refractivity contribution in [2.45, 2.75) is 81.3 Å². The molecule has 0 aliphatic carbocycles. The number of ether oxygens (including phenoxy) is 2. The third-order valence-electron chi connectivity index (χ3n) is 6.68. The summed E-state index contributed by atoms with van der Waals surface area (Å²) in [5.74, 6) is 1.95. The molecule has 2 aromatic heterocycles. The van der Waals surface area contributed by atoms with Crippen LogP contribution < -0.4 is 15.3 Å². The van der Waals surface area contributed by atoms with Gasteiger partial charge in [-0.25, -0.2) is 0 Å². The average Bonchev–Trinajstić information content (AvgIpc) is 3.53. The van der Waals surface area contributed by atoms with Crippen LogP contribution in [-0.4, -0.2) is 76.5 Å². The topological polar surface area (TPSA) is 173 Å². The summed E-state index contributed by atoms with van der Waals surface area (Å²) in [5.41, 5.74) is 6.85. The summed E-state index contributed by atoms with van der Waals surface area (Å²) in [7, 11) is -4.14. The molecule has 1 fully saturated rings. The van der Waals surface area contributed by atoms with Crippen LogP contribution in [0.15, 0.2) is 43.0 Å². The van der Waals surface area contributed by atoms with Crippen molar-refractivity contribution in [1.29, 1.82) is 0 Å². The van der Waals surface area contributed by atoms with Crippen molar-refractivity contribution in [2.24, 2.45) is 0 Å². The Hall–Kier alpha value is -2.57. The zero-order valence-electron chi connectivity index (χ0n) is 23.5. The van der Waals surface area contributed by atoms with E-state index < -0.39 is 38.2 Å². The van der Waals surface area contributed by atoms with Crippen molar-refractivity contribution in [3.05, 3.63) is 43.0 Å². The first kappa shape index (κ1) is 31.4. The van der Waals surface area contributed by atoms with E-state index in [-0.39, 0.29) is 44.1 Å². The first-order chi connectivity index (χ1) is 19.7. The Morgan fingerprint density at radius 2 is 2.02 bits per heavy atom. The minimum absolute atomic E-state index is 0.0525. The molecule has 1 saturated heterocycles. The van der Waals surface area contributed by atoms with Gasteiger partial charge in [0, 0.05) is 0 Å². The summed E-state index contributed by atoms with van der Waals surface area (Å²) in [6.07, 6.45) is 2.52. The van der Waals surface area contributed by atoms with Crippen molar-refractivity contribution in [3.8, 4) is 5.75 Å². The summed E-state index contributed by atoms with van der Waals surface area (Å²) in [6, 6.07) is 7.49. The Bertz CT molecular complexity index is 1350. The first-order valence-electron chi connectivity index (χ1n) is 13.5. The van der Waals surface area contributed by atoms with Gasteiger partial charge in [-0.05, 0) is 0 Å². The molecule has 4 N–H and O–H groups in total. The zero-order chi connectivity index (χ0) is 29.6. The third-order valence-corrected chi connectivity index (χ3v) is 10.5. The molecule has 0 radical (unpaired) electrons. The molecule has 1 aromatic carbocycles. The van der Waals surface area contributed by atoms with Gasteiger partial charge < -0.3 is 0 Å². The Labute approximate surface area is 245 Å². The molecule has 7 atom stereocenters. The number of hydrogen-bond acceptors (Lipinski definition) is 11. The van der Waals surface area contributed by atoms with Gasteiger partial charge in [-0.3, -0.25) is 0 Å². The van der Waals surface area contributed by atoms with E-state index in [0.717, 1.165) is 12.8 Å². The van der Waals surface area contributed by atoms with E-state index in [1.54, 1.807) is 41.2 Å². The number of para-hydroxylation sites is 1. The van der Waals surface area contributed by atoms with Gasteiger partial charge in [-0.15, -0.1) is 0 Å². The van der Waals surface area contributed by atoms with Crippen LogP contribution in [0.25, 0.3) is 11.2 Å². The van der Waals surface area contributed by atoms with Gasteiger partial charge in [0.1, 0.15) is 0 Å². The van der Waals surface area contributed by atoms with Gasteiger partial charge in [-0.1, -0.05) is 20.3 Å². The normalized spacial score (nSPS) is 23.6. The number of nitrogen functional groups attached to an aromatic ring is 1. The average molecular weight is 656 g/mol. The molecule has 0 saturated carbocycles. The molecule has 0 amide bonds. The van der Waals surface area contributed by atoms with Crippen molar-refractivity contribution < 1.29 is 33.0 Å². The summed E-state index contributed by atoms with van der Waals surface area (Å²) in [6.45, 7) is 5.22. The molecule has 4 rings (SSSR count). The number of aromatic nitrogens is 4. The number of rotatable bonds is 14. The minimum atomic E-state index is -4.14. The van der Waals surface area contributed by atoms with Crippen molar-refractivity contribution in [1.82, 2.24) is 24.6 Å². The number of carbonyl (C=O) groups is 1. The second-order valence-corrected chi connectivity index (χ2v) is 13.5. The van der Waals surface area contributed by atoms with E-state index in [9.17, 15) is 14.5 Å². The zero-order valence-corrected chi connectivity index (χ0v) is 26.1. The molecule has 13 nitrogen and oxygen atoms in total. The predicted octanol–water partition coefficient (Wildman–Crippen LogP) is 3.51. The van der Waals surface area contributed by atoms with Crippen molar-refractivity contribution >= 4 is 45.7 Å². The molecular formula is C26H37N6O7PSe. The summed E-state index contributed by atoms with van der Waals surface area (Å²) in [4.78, 5) is 25.1. The Morgan fingerprint density at radius 3 is 2.71 bits per heavy atom. The Morgan fingerprint density at radius 1 is 1.27 bits per heavy atom. The SMILES string of the molecule is CCCC(CC)OC(=O)[C@H](C)N[P@](=O)(OC[C@H]1O[C@@H](n2cnc3c(N)ncnc32)[C@@H]([Se]C)[C@@H]1O)Oc1ccccc1. The monoisotopic (exact) mass is 656 g/mol. The van der Waals surface area contributed by atoms with E-state index in [4.69, 9.17) is 24.3 Å². The van der Waals surface area contributed by atoms with Crippen LogP contribution in [0.4, 0.5) is 5.82 Å². The number of nitrogens with two attached hydrogens (primary N) is 1. The van der Waals surface area contributed by atoms with Crippen LogP contribution >= 0.6 is 7.75 Å². The van der Waals surface area contributed by atoms with Gasteiger partial charge in [0.15, 0.2) is 0 Å². The van der Waals surface area contributed by atoms with Crippen LogP contribution in [0.1, 0.15) is 46.3 Å². The van der Waals surface area contributed by atoms with Crippen LogP contribution in [0.2, 0.25) is 10.6 Å². The van der Waals surface area contributed by atoms with Crippen molar-refractivity contribution in [3.63, 3.8) is 0 Å². The molecule has 1 unspecified atom stereocenters. The standard InChI is InChI=1S/C26H37N6O7PSe/c1-5-10-17(6-2)37-26(34)16(3)31-40(35,39-18-11-8-7-9-12-18)36-13-19-21(33)22(41-4)25(38-19)32-15-30-20-23(27)28-14-29-24(20)32/h7-9,11-12,14-17,19,21-22,25,33H,5-6,10,13H2,1-4H3,(H,31,35)(H2,27,28,29)/t16-,17?,19+,21+,22-,25+,40-/m0/s1. The van der Waals surface area contributed by atoms with Gasteiger partial charge >= 0.3 is 225 Å². The third kappa shape index (κ3) is 7.45. The van der Waals surface area contributed by atoms with E-state index in [1.165, 1.54) is 13.3 Å². The molecule has 15 heteroatoms. The molecular weight excluding hydrogens is 618 g/mol. The second kappa shape index (κ2) is 14.1. The fourth-order valence-electron chi connectivity index (χ4n) is 4.50. The number of hydrogen-bond donors (Lipinski definition) is 3. The molecule has 3 aromatic rings. The van der Waals surface area contributed by atoms with E-state index in [1.807, 2.05) is 19.7 Å². The van der Waals surface area contributed by atoms with Crippen LogP contribution in [-0.2, 0) is 23.4 Å². The van der Waals surface area contributed by atoms with Gasteiger partial charge in [0.05, 0.1) is 0 Å². The van der Waals surface area contributed by atoms with E-state index in [2.05, 4.69) is 20.0 Å². The quantitative estimate of drug-likeness (QED) is 0.131. The van der Waals surface area contributed by atoms with Crippen LogP contribution in [0.3, 0.4) is 0 Å². The number of aliphatic hydroxyl groups is 1. The second-order valence-electron chi connectivity index (χ2n) is 9.64. The predicted molar refractivity (Wildman–Crippen MR) is 153 cm³/mol. The molecule has 224 valence electrons. The fraction of sp³-hybridized carbons (Fsp3) is 0.538. The number of benzene rings is 1.